The summed E-state index contributed by atoms with van der Waals surface area (Å²) in [5, 5.41) is 3.26. The van der Waals surface area contributed by atoms with Crippen molar-refractivity contribution in [1.82, 2.24) is 10.2 Å². The smallest absolute Gasteiger partial charge is 0.225 e. The fourth-order valence-electron chi connectivity index (χ4n) is 3.36. The summed E-state index contributed by atoms with van der Waals surface area (Å²) in [6, 6.07) is 0. The molecular weight excluding hydrogens is 236 g/mol. The molecule has 2 aliphatic heterocycles. The molecule has 98 valence electrons. The third kappa shape index (κ3) is 2.19. The van der Waals surface area contributed by atoms with Gasteiger partial charge >= 0.3 is 0 Å². The Morgan fingerprint density at radius 2 is 2.06 bits per heavy atom. The fraction of sp³-hybridized carbons (Fsp3) is 0.923. The first-order chi connectivity index (χ1) is 7.70. The number of hydrogen-bond acceptors (Lipinski definition) is 2. The lowest BCUT2D eigenvalue weighted by atomic mass is 9.68. The Labute approximate surface area is 110 Å². The van der Waals surface area contributed by atoms with Crippen LogP contribution in [0.15, 0.2) is 0 Å². The molecule has 1 atom stereocenters. The number of nitrogens with one attached hydrogen (secondary N) is 1. The van der Waals surface area contributed by atoms with E-state index in [1.807, 2.05) is 0 Å². The van der Waals surface area contributed by atoms with Gasteiger partial charge in [0.25, 0.3) is 0 Å². The molecule has 17 heavy (non-hydrogen) atoms. The van der Waals surface area contributed by atoms with Gasteiger partial charge in [-0.2, -0.15) is 0 Å². The molecule has 1 spiro atoms. The molecule has 1 saturated carbocycles. The molecule has 1 N–H and O–H groups in total. The van der Waals surface area contributed by atoms with Crippen LogP contribution in [0.25, 0.3) is 0 Å². The first-order valence-electron chi connectivity index (χ1n) is 6.70. The van der Waals surface area contributed by atoms with E-state index in [0.717, 1.165) is 26.2 Å². The number of carbonyl (C=O) groups is 1. The van der Waals surface area contributed by atoms with Gasteiger partial charge in [-0.25, -0.2) is 0 Å². The molecule has 0 radical (unpaired) electrons. The summed E-state index contributed by atoms with van der Waals surface area (Å²) >= 11 is 0. The van der Waals surface area contributed by atoms with Crippen LogP contribution in [0.3, 0.4) is 0 Å². The zero-order valence-corrected chi connectivity index (χ0v) is 11.4. The van der Waals surface area contributed by atoms with Crippen LogP contribution in [0.2, 0.25) is 0 Å². The van der Waals surface area contributed by atoms with Crippen LogP contribution in [-0.2, 0) is 4.79 Å². The molecule has 3 nitrogen and oxygen atoms in total. The highest BCUT2D eigenvalue weighted by Gasteiger charge is 2.45. The standard InChI is InChI=1S/C13H22N2O.ClH/c1-10(11-7-14-8-11)12(16)15-6-5-13(9-15)3-2-4-13;/h10-11,14H,2-9H2,1H3;1H. The molecule has 0 aromatic rings. The molecule has 3 rings (SSSR count). The maximum absolute atomic E-state index is 12.3. The molecule has 2 saturated heterocycles. The van der Waals surface area contributed by atoms with Gasteiger partial charge in [0, 0.05) is 19.0 Å². The van der Waals surface area contributed by atoms with Gasteiger partial charge in [0.2, 0.25) is 5.91 Å². The Morgan fingerprint density at radius 3 is 2.47 bits per heavy atom. The van der Waals surface area contributed by atoms with Crippen molar-refractivity contribution >= 4 is 18.3 Å². The van der Waals surface area contributed by atoms with Crippen molar-refractivity contribution in [2.24, 2.45) is 17.3 Å². The molecule has 4 heteroatoms. The summed E-state index contributed by atoms with van der Waals surface area (Å²) in [5.41, 5.74) is 0.549. The van der Waals surface area contributed by atoms with Crippen LogP contribution in [0.1, 0.15) is 32.6 Å². The number of halogens is 1. The lowest BCUT2D eigenvalue weighted by Crippen LogP contribution is -2.50. The van der Waals surface area contributed by atoms with Crippen molar-refractivity contribution in [3.8, 4) is 0 Å². The lowest BCUT2D eigenvalue weighted by molar-refractivity contribution is -0.137. The van der Waals surface area contributed by atoms with Crippen LogP contribution in [0.5, 0.6) is 0 Å². The van der Waals surface area contributed by atoms with E-state index >= 15 is 0 Å². The highest BCUT2D eigenvalue weighted by molar-refractivity contribution is 5.85. The second kappa shape index (κ2) is 4.77. The van der Waals surface area contributed by atoms with Gasteiger partial charge in [-0.3, -0.25) is 4.79 Å². The molecule has 2 heterocycles. The lowest BCUT2D eigenvalue weighted by Gasteiger charge is -2.39. The summed E-state index contributed by atoms with van der Waals surface area (Å²) in [7, 11) is 0. The van der Waals surface area contributed by atoms with E-state index in [-0.39, 0.29) is 18.3 Å². The predicted octanol–water partition coefficient (Wildman–Crippen LogP) is 1.67. The minimum absolute atomic E-state index is 0. The highest BCUT2D eigenvalue weighted by atomic mass is 35.5. The predicted molar refractivity (Wildman–Crippen MR) is 70.3 cm³/mol. The number of amides is 1. The first-order valence-corrected chi connectivity index (χ1v) is 6.70. The monoisotopic (exact) mass is 258 g/mol. The molecule has 1 amide bonds. The molecular formula is C13H23ClN2O. The average molecular weight is 259 g/mol. The maximum Gasteiger partial charge on any atom is 0.225 e. The summed E-state index contributed by atoms with van der Waals surface area (Å²) in [5.74, 6) is 1.23. The van der Waals surface area contributed by atoms with Crippen LogP contribution in [0, 0.1) is 17.3 Å². The van der Waals surface area contributed by atoms with E-state index in [4.69, 9.17) is 0 Å². The number of nitrogens with zero attached hydrogens (tertiary/aromatic N) is 1. The van der Waals surface area contributed by atoms with Crippen molar-refractivity contribution < 1.29 is 4.79 Å². The SMILES string of the molecule is CC(C(=O)N1CCC2(CCC2)C1)C1CNC1.Cl. The fourth-order valence-corrected chi connectivity index (χ4v) is 3.36. The summed E-state index contributed by atoms with van der Waals surface area (Å²) in [4.78, 5) is 14.4. The van der Waals surface area contributed by atoms with Gasteiger partial charge < -0.3 is 10.2 Å². The Balaban J connectivity index is 0.00000108. The van der Waals surface area contributed by atoms with E-state index < -0.39 is 0 Å². The largest absolute Gasteiger partial charge is 0.342 e. The average Bonchev–Trinajstić information content (AvgIpc) is 2.57. The van der Waals surface area contributed by atoms with Crippen LogP contribution in [-0.4, -0.2) is 37.0 Å². The molecule has 0 bridgehead atoms. The van der Waals surface area contributed by atoms with E-state index in [0.29, 0.717) is 17.2 Å². The van der Waals surface area contributed by atoms with Gasteiger partial charge in [-0.1, -0.05) is 13.3 Å². The van der Waals surface area contributed by atoms with Gasteiger partial charge in [-0.15, -0.1) is 12.4 Å². The summed E-state index contributed by atoms with van der Waals surface area (Å²) in [6.45, 7) is 6.25. The van der Waals surface area contributed by atoms with Crippen molar-refractivity contribution in [3.63, 3.8) is 0 Å². The summed E-state index contributed by atoms with van der Waals surface area (Å²) < 4.78 is 0. The van der Waals surface area contributed by atoms with E-state index in [9.17, 15) is 4.79 Å². The van der Waals surface area contributed by atoms with E-state index in [1.165, 1.54) is 25.7 Å². The van der Waals surface area contributed by atoms with Gasteiger partial charge in [0.1, 0.15) is 0 Å². The van der Waals surface area contributed by atoms with Crippen molar-refractivity contribution in [3.05, 3.63) is 0 Å². The number of rotatable bonds is 2. The molecule has 0 aromatic carbocycles. The maximum atomic E-state index is 12.3. The van der Waals surface area contributed by atoms with E-state index in [1.54, 1.807) is 0 Å². The molecule has 1 aliphatic carbocycles. The molecule has 1 unspecified atom stereocenters. The Kier molecular flexibility index (Phi) is 3.69. The third-order valence-corrected chi connectivity index (χ3v) is 5.07. The minimum Gasteiger partial charge on any atom is -0.342 e. The molecule has 3 aliphatic rings. The normalized spacial score (nSPS) is 28.2. The zero-order chi connectivity index (χ0) is 11.2. The van der Waals surface area contributed by atoms with Gasteiger partial charge in [0.15, 0.2) is 0 Å². The Morgan fingerprint density at radius 1 is 1.35 bits per heavy atom. The van der Waals surface area contributed by atoms with Crippen LogP contribution in [0.4, 0.5) is 0 Å². The Hall–Kier alpha value is -0.280. The number of hydrogen-bond donors (Lipinski definition) is 1. The topological polar surface area (TPSA) is 32.3 Å². The number of likely N-dealkylation sites (tertiary alicyclic amines) is 1. The second-order valence-corrected chi connectivity index (χ2v) is 6.07. The third-order valence-electron chi connectivity index (χ3n) is 5.07. The van der Waals surface area contributed by atoms with E-state index in [2.05, 4.69) is 17.1 Å². The highest BCUT2D eigenvalue weighted by Crippen LogP contribution is 2.48. The summed E-state index contributed by atoms with van der Waals surface area (Å²) in [6.07, 6.45) is 5.35. The van der Waals surface area contributed by atoms with Crippen molar-refractivity contribution in [2.75, 3.05) is 26.2 Å². The van der Waals surface area contributed by atoms with Crippen LogP contribution >= 0.6 is 12.4 Å². The first kappa shape index (κ1) is 13.2. The minimum atomic E-state index is 0. The van der Waals surface area contributed by atoms with Gasteiger partial charge in [0.05, 0.1) is 0 Å². The Bertz CT molecular complexity index is 300. The second-order valence-electron chi connectivity index (χ2n) is 6.07. The molecule has 0 aromatic heterocycles. The van der Waals surface area contributed by atoms with Crippen molar-refractivity contribution in [1.29, 1.82) is 0 Å². The molecule has 3 fully saturated rings. The quantitative estimate of drug-likeness (QED) is 0.817. The van der Waals surface area contributed by atoms with Crippen molar-refractivity contribution in [2.45, 2.75) is 32.6 Å². The zero-order valence-electron chi connectivity index (χ0n) is 10.6. The van der Waals surface area contributed by atoms with Gasteiger partial charge in [-0.05, 0) is 43.7 Å². The number of carbonyl (C=O) groups excluding carboxylic acids is 1. The van der Waals surface area contributed by atoms with Crippen LogP contribution < -0.4 is 5.32 Å².